The molecule has 0 amide bonds. The van der Waals surface area contributed by atoms with Crippen molar-refractivity contribution in [2.75, 3.05) is 10.2 Å². The average molecular weight is 661 g/mol. The van der Waals surface area contributed by atoms with Crippen LogP contribution in [0.3, 0.4) is 0 Å². The number of benzene rings is 4. The molecule has 250 valence electrons. The third-order valence-electron chi connectivity index (χ3n) is 9.31. The van der Waals surface area contributed by atoms with Crippen LogP contribution in [0.4, 0.5) is 28.4 Å². The molecule has 0 aliphatic carbocycles. The number of anilines is 5. The van der Waals surface area contributed by atoms with E-state index in [-0.39, 0.29) is 0 Å². The van der Waals surface area contributed by atoms with E-state index in [2.05, 4.69) is 80.4 Å². The number of rotatable bonds is 9. The quantitative estimate of drug-likeness (QED) is 0.164. The van der Waals surface area contributed by atoms with E-state index in [0.29, 0.717) is 17.4 Å². The average Bonchev–Trinajstić information content (AvgIpc) is 3.14. The van der Waals surface area contributed by atoms with Crippen LogP contribution in [0.5, 0.6) is 23.0 Å². The van der Waals surface area contributed by atoms with Crippen LogP contribution < -0.4 is 19.7 Å². The van der Waals surface area contributed by atoms with E-state index in [1.807, 2.05) is 36.7 Å². The van der Waals surface area contributed by atoms with Crippen LogP contribution in [0.15, 0.2) is 91.5 Å². The number of fused-ring (bicyclic) bond motifs is 4. The molecule has 2 aliphatic heterocycles. The van der Waals surface area contributed by atoms with Gasteiger partial charge < -0.3 is 14.8 Å². The normalized spacial score (nSPS) is 12.5. The number of nitrogens with zero attached hydrogens (tertiary/aromatic N) is 5. The zero-order valence-corrected chi connectivity index (χ0v) is 29.0. The molecule has 0 fully saturated rings. The van der Waals surface area contributed by atoms with Crippen LogP contribution in [0.2, 0.25) is 0 Å². The van der Waals surface area contributed by atoms with E-state index >= 15 is 0 Å². The lowest BCUT2D eigenvalue weighted by atomic mass is 9.88. The molecule has 0 saturated heterocycles. The minimum Gasteiger partial charge on any atom is -0.453 e. The van der Waals surface area contributed by atoms with Crippen LogP contribution in [-0.2, 0) is 19.3 Å². The largest absolute Gasteiger partial charge is 0.453 e. The smallest absolute Gasteiger partial charge is 0.175 e. The van der Waals surface area contributed by atoms with Crippen molar-refractivity contribution in [2.45, 2.75) is 66.2 Å². The van der Waals surface area contributed by atoms with Crippen molar-refractivity contribution >= 4 is 28.4 Å². The molecule has 0 bridgehead atoms. The minimum atomic E-state index is 0.613. The van der Waals surface area contributed by atoms with Crippen LogP contribution in [0.25, 0.3) is 22.8 Å². The summed E-state index contributed by atoms with van der Waals surface area (Å²) in [7, 11) is 0. The van der Waals surface area contributed by atoms with Gasteiger partial charge in [-0.15, -0.1) is 0 Å². The number of hydrogen-bond acceptors (Lipinski definition) is 8. The van der Waals surface area contributed by atoms with E-state index in [1.165, 1.54) is 5.56 Å². The van der Waals surface area contributed by atoms with Gasteiger partial charge in [0.15, 0.2) is 34.6 Å². The molecule has 4 heterocycles. The highest BCUT2D eigenvalue weighted by Gasteiger charge is 2.38. The molecular formula is C42H40N6O2. The summed E-state index contributed by atoms with van der Waals surface area (Å²) in [6.45, 7) is 8.75. The summed E-state index contributed by atoms with van der Waals surface area (Å²) in [6.07, 6.45) is 12.7. The summed E-state index contributed by atoms with van der Waals surface area (Å²) < 4.78 is 13.8. The van der Waals surface area contributed by atoms with Gasteiger partial charge in [-0.2, -0.15) is 0 Å². The van der Waals surface area contributed by atoms with Crippen molar-refractivity contribution in [2.24, 2.45) is 0 Å². The van der Waals surface area contributed by atoms with Crippen molar-refractivity contribution in [1.29, 1.82) is 0 Å². The van der Waals surface area contributed by atoms with E-state index in [0.717, 1.165) is 112 Å². The minimum absolute atomic E-state index is 0.613. The first-order valence-electron chi connectivity index (χ1n) is 17.6. The van der Waals surface area contributed by atoms with Crippen molar-refractivity contribution in [1.82, 2.24) is 19.9 Å². The topological polar surface area (TPSA) is 85.3 Å². The summed E-state index contributed by atoms with van der Waals surface area (Å²) in [5.41, 5.74) is 11.2. The van der Waals surface area contributed by atoms with Gasteiger partial charge >= 0.3 is 0 Å². The Morgan fingerprint density at radius 2 is 1.34 bits per heavy atom. The molecule has 0 saturated carbocycles. The second-order valence-corrected chi connectivity index (χ2v) is 12.9. The Morgan fingerprint density at radius 3 is 2.08 bits per heavy atom. The number of aromatic nitrogens is 4. The first-order valence-corrected chi connectivity index (χ1v) is 17.6. The van der Waals surface area contributed by atoms with Crippen LogP contribution in [-0.4, -0.2) is 19.9 Å². The maximum absolute atomic E-state index is 7.15. The fraction of sp³-hybridized carbons (Fsp3) is 0.238. The zero-order valence-electron chi connectivity index (χ0n) is 29.0. The van der Waals surface area contributed by atoms with Gasteiger partial charge in [0, 0.05) is 35.9 Å². The van der Waals surface area contributed by atoms with Gasteiger partial charge in [-0.05, 0) is 97.0 Å². The Bertz CT molecular complexity index is 2200. The maximum atomic E-state index is 7.15. The molecule has 2 aliphatic rings. The van der Waals surface area contributed by atoms with E-state index in [9.17, 15) is 0 Å². The van der Waals surface area contributed by atoms with Gasteiger partial charge in [-0.1, -0.05) is 58.2 Å². The van der Waals surface area contributed by atoms with Crippen molar-refractivity contribution < 1.29 is 9.47 Å². The summed E-state index contributed by atoms with van der Waals surface area (Å²) in [5, 5.41) is 3.89. The van der Waals surface area contributed by atoms with Gasteiger partial charge in [0.1, 0.15) is 5.69 Å². The molecule has 8 heteroatoms. The van der Waals surface area contributed by atoms with Crippen molar-refractivity contribution in [3.63, 3.8) is 0 Å². The maximum Gasteiger partial charge on any atom is 0.175 e. The molecule has 50 heavy (non-hydrogen) atoms. The molecule has 2 aromatic heterocycles. The Kier molecular flexibility index (Phi) is 8.36. The summed E-state index contributed by atoms with van der Waals surface area (Å²) in [5.74, 6) is 4.36. The molecule has 0 radical (unpaired) electrons. The Labute approximate surface area is 293 Å². The molecule has 4 aromatic carbocycles. The van der Waals surface area contributed by atoms with E-state index < -0.39 is 0 Å². The molecule has 8 nitrogen and oxygen atoms in total. The number of nitrogens with one attached hydrogen (secondary N) is 1. The van der Waals surface area contributed by atoms with Gasteiger partial charge in [-0.3, -0.25) is 4.90 Å². The molecule has 1 N–H and O–H groups in total. The van der Waals surface area contributed by atoms with Gasteiger partial charge in [0.25, 0.3) is 0 Å². The van der Waals surface area contributed by atoms with Crippen molar-refractivity contribution in [3.8, 4) is 45.8 Å². The molecule has 8 rings (SSSR count). The van der Waals surface area contributed by atoms with Gasteiger partial charge in [0.05, 0.1) is 22.7 Å². The number of para-hydroxylation sites is 1. The highest BCUT2D eigenvalue weighted by molar-refractivity contribution is 6.02. The fourth-order valence-corrected chi connectivity index (χ4v) is 7.24. The monoisotopic (exact) mass is 660 g/mol. The second-order valence-electron chi connectivity index (χ2n) is 12.9. The van der Waals surface area contributed by atoms with Crippen LogP contribution in [0.1, 0.15) is 62.3 Å². The first kappa shape index (κ1) is 31.5. The lowest BCUT2D eigenvalue weighted by Gasteiger charge is -2.39. The SMILES string of the molecule is CCCc1ccc2c(c1)Nc1c(CCC)c(-c3ncccn3)c(CCC)c(N3c4cc(C)ccc4Oc4cccc(-c5ncccn5)c43)c1O2. The van der Waals surface area contributed by atoms with E-state index in [4.69, 9.17) is 29.4 Å². The number of ether oxygens (including phenoxy) is 2. The van der Waals surface area contributed by atoms with Gasteiger partial charge in [-0.25, -0.2) is 19.9 Å². The third-order valence-corrected chi connectivity index (χ3v) is 9.31. The molecule has 6 aromatic rings. The predicted molar refractivity (Wildman–Crippen MR) is 200 cm³/mol. The highest BCUT2D eigenvalue weighted by atomic mass is 16.5. The lowest BCUT2D eigenvalue weighted by molar-refractivity contribution is 0.471. The van der Waals surface area contributed by atoms with Crippen LogP contribution >= 0.6 is 0 Å². The number of hydrogen-bond donors (Lipinski definition) is 1. The summed E-state index contributed by atoms with van der Waals surface area (Å²) in [6, 6.07) is 22.6. The third kappa shape index (κ3) is 5.41. The molecule has 0 spiro atoms. The summed E-state index contributed by atoms with van der Waals surface area (Å²) >= 11 is 0. The van der Waals surface area contributed by atoms with Gasteiger partial charge in [0.2, 0.25) is 0 Å². The Morgan fingerprint density at radius 1 is 0.640 bits per heavy atom. The second kappa shape index (κ2) is 13.3. The standard InChI is InChI=1S/C42H40N6O2/c1-5-11-27-17-19-33-31(25-27)47-37-28(12-6-2)36(42-45-22-10-23-46-42)29(13-7-3)39(40(37)50-33)48-32-24-26(4)16-18-34(32)49-35-15-8-14-30(38(35)48)41-43-20-9-21-44-41/h8-10,14-25,47H,5-7,11-13H2,1-4H3. The molecule has 0 atom stereocenters. The molecular weight excluding hydrogens is 621 g/mol. The predicted octanol–water partition coefficient (Wildman–Crippen LogP) is 11.2. The number of aryl methyl sites for hydroxylation is 2. The lowest BCUT2D eigenvalue weighted by Crippen LogP contribution is -2.22. The fourth-order valence-electron chi connectivity index (χ4n) is 7.24. The van der Waals surface area contributed by atoms with Crippen molar-refractivity contribution in [3.05, 3.63) is 114 Å². The zero-order chi connectivity index (χ0) is 34.2. The first-order chi connectivity index (χ1) is 24.6. The van der Waals surface area contributed by atoms with E-state index in [1.54, 1.807) is 12.4 Å². The Balaban J connectivity index is 1.51. The Hall–Kier alpha value is -5.76. The highest BCUT2D eigenvalue weighted by Crippen LogP contribution is 2.61. The molecule has 0 unspecified atom stereocenters. The summed E-state index contributed by atoms with van der Waals surface area (Å²) in [4.78, 5) is 21.5. The van der Waals surface area contributed by atoms with Crippen LogP contribution in [0, 0.1) is 6.92 Å².